The molecule has 1 aliphatic heterocycles. The minimum atomic E-state index is -0.0341. The van der Waals surface area contributed by atoms with Crippen LogP contribution in [0.3, 0.4) is 0 Å². The van der Waals surface area contributed by atoms with Crippen molar-refractivity contribution in [1.29, 1.82) is 0 Å². The number of Topliss-reactive ketones (excluding diaryl/α,β-unsaturated/α-hetero) is 1. The standard InChI is InChI=1S/C21H28O3/c1-12(22)15-6-7-16-17-5-4-13-10-14(23)8-9-20(13,3)21(17)18(24-21)11-19(15,16)2/h10,15-18H,4-9,11H2,1-3H3/t15-,16+,17+,18-,19-,20+,21+/m1/s1. The first-order valence-corrected chi connectivity index (χ1v) is 9.75. The lowest BCUT2D eigenvalue weighted by molar-refractivity contribution is -0.126. The van der Waals surface area contributed by atoms with Gasteiger partial charge in [0.05, 0.1) is 6.10 Å². The maximum atomic E-state index is 12.2. The van der Waals surface area contributed by atoms with Gasteiger partial charge in [-0.15, -0.1) is 0 Å². The van der Waals surface area contributed by atoms with Crippen LogP contribution in [0, 0.1) is 28.6 Å². The zero-order valence-electron chi connectivity index (χ0n) is 15.1. The number of hydrogen-bond donors (Lipinski definition) is 0. The molecule has 3 saturated carbocycles. The molecular formula is C21H28O3. The van der Waals surface area contributed by atoms with E-state index in [0.29, 0.717) is 35.9 Å². The summed E-state index contributed by atoms with van der Waals surface area (Å²) >= 11 is 0. The fourth-order valence-corrected chi connectivity index (χ4v) is 7.68. The molecule has 4 fully saturated rings. The fraction of sp³-hybridized carbons (Fsp3) is 0.810. The topological polar surface area (TPSA) is 46.7 Å². The van der Waals surface area contributed by atoms with Crippen LogP contribution in [0.2, 0.25) is 0 Å². The van der Waals surface area contributed by atoms with Gasteiger partial charge in [0, 0.05) is 17.8 Å². The Bertz CT molecular complexity index is 679. The van der Waals surface area contributed by atoms with Gasteiger partial charge in [-0.1, -0.05) is 19.4 Å². The smallest absolute Gasteiger partial charge is 0.155 e. The molecule has 0 radical (unpaired) electrons. The Labute approximate surface area is 144 Å². The van der Waals surface area contributed by atoms with Crippen molar-refractivity contribution >= 4 is 11.6 Å². The molecule has 0 aromatic rings. The number of ether oxygens (including phenoxy) is 1. The van der Waals surface area contributed by atoms with Crippen LogP contribution in [0.1, 0.15) is 65.7 Å². The van der Waals surface area contributed by atoms with E-state index in [4.69, 9.17) is 4.74 Å². The maximum absolute atomic E-state index is 12.2. The molecule has 0 bridgehead atoms. The van der Waals surface area contributed by atoms with Crippen LogP contribution >= 0.6 is 0 Å². The van der Waals surface area contributed by atoms with Crippen molar-refractivity contribution in [1.82, 2.24) is 0 Å². The lowest BCUT2D eigenvalue weighted by Gasteiger charge is -2.55. The van der Waals surface area contributed by atoms with Gasteiger partial charge in [0.2, 0.25) is 0 Å². The van der Waals surface area contributed by atoms with Crippen LogP contribution < -0.4 is 0 Å². The highest BCUT2D eigenvalue weighted by atomic mass is 16.6. The van der Waals surface area contributed by atoms with Gasteiger partial charge in [-0.3, -0.25) is 9.59 Å². The SMILES string of the molecule is CC(=O)[C@H]1CC[C@H]2[C@@H]3CCC4=CC(=O)CC[C@]4(C)[C@]34O[C@@H]4C[C@]12C. The van der Waals surface area contributed by atoms with Crippen molar-refractivity contribution in [3.8, 4) is 0 Å². The highest BCUT2D eigenvalue weighted by Gasteiger charge is 2.79. The lowest BCUT2D eigenvalue weighted by atomic mass is 9.46. The first-order valence-electron chi connectivity index (χ1n) is 9.75. The zero-order chi connectivity index (χ0) is 16.9. The number of carbonyl (C=O) groups excluding carboxylic acids is 2. The Morgan fingerprint density at radius 3 is 2.71 bits per heavy atom. The molecule has 1 saturated heterocycles. The highest BCUT2D eigenvalue weighted by molar-refractivity contribution is 5.91. The third kappa shape index (κ3) is 1.54. The Morgan fingerprint density at radius 2 is 1.96 bits per heavy atom. The number of carbonyl (C=O) groups is 2. The summed E-state index contributed by atoms with van der Waals surface area (Å²) in [6.45, 7) is 6.50. The fourth-order valence-electron chi connectivity index (χ4n) is 7.68. The van der Waals surface area contributed by atoms with Gasteiger partial charge in [-0.2, -0.15) is 0 Å². The quantitative estimate of drug-likeness (QED) is 0.687. The summed E-state index contributed by atoms with van der Waals surface area (Å²) in [5, 5.41) is 0. The summed E-state index contributed by atoms with van der Waals surface area (Å²) < 4.78 is 6.54. The average Bonchev–Trinajstić information content (AvgIpc) is 3.12. The summed E-state index contributed by atoms with van der Waals surface area (Å²) in [5.74, 6) is 2.08. The predicted octanol–water partition coefficient (Wildman–Crippen LogP) is 3.85. The second kappa shape index (κ2) is 4.41. The summed E-state index contributed by atoms with van der Waals surface area (Å²) in [7, 11) is 0. The monoisotopic (exact) mass is 328 g/mol. The van der Waals surface area contributed by atoms with E-state index in [9.17, 15) is 9.59 Å². The summed E-state index contributed by atoms with van der Waals surface area (Å²) in [6, 6.07) is 0. The van der Waals surface area contributed by atoms with E-state index in [0.717, 1.165) is 32.1 Å². The predicted molar refractivity (Wildman–Crippen MR) is 90.4 cm³/mol. The van der Waals surface area contributed by atoms with Crippen molar-refractivity contribution < 1.29 is 14.3 Å². The van der Waals surface area contributed by atoms with Gasteiger partial charge in [-0.25, -0.2) is 0 Å². The summed E-state index contributed by atoms with van der Waals surface area (Å²) in [4.78, 5) is 24.2. The molecular weight excluding hydrogens is 300 g/mol. The molecule has 0 amide bonds. The van der Waals surface area contributed by atoms with Crippen LogP contribution in [0.25, 0.3) is 0 Å². The minimum Gasteiger partial charge on any atom is -0.365 e. The summed E-state index contributed by atoms with van der Waals surface area (Å²) in [5.41, 5.74) is 1.49. The van der Waals surface area contributed by atoms with Crippen LogP contribution in [0.5, 0.6) is 0 Å². The number of fused-ring (bicyclic) bond motifs is 3. The van der Waals surface area contributed by atoms with E-state index in [1.54, 1.807) is 6.92 Å². The minimum absolute atomic E-state index is 0.0341. The largest absolute Gasteiger partial charge is 0.365 e. The van der Waals surface area contributed by atoms with Crippen molar-refractivity contribution in [2.45, 2.75) is 77.4 Å². The molecule has 5 aliphatic rings. The Morgan fingerprint density at radius 1 is 1.17 bits per heavy atom. The molecule has 5 rings (SSSR count). The van der Waals surface area contributed by atoms with Gasteiger partial charge in [-0.05, 0) is 68.8 Å². The number of hydrogen-bond acceptors (Lipinski definition) is 3. The van der Waals surface area contributed by atoms with E-state index in [2.05, 4.69) is 13.8 Å². The lowest BCUT2D eigenvalue weighted by Crippen LogP contribution is -2.57. The molecule has 3 heteroatoms. The number of rotatable bonds is 1. The molecule has 0 aromatic heterocycles. The Hall–Kier alpha value is -0.960. The third-order valence-corrected chi connectivity index (χ3v) is 8.82. The maximum Gasteiger partial charge on any atom is 0.155 e. The summed E-state index contributed by atoms with van der Waals surface area (Å²) in [6.07, 6.45) is 9.31. The van der Waals surface area contributed by atoms with Crippen LogP contribution in [0.15, 0.2) is 11.6 Å². The van der Waals surface area contributed by atoms with E-state index in [1.165, 1.54) is 12.0 Å². The number of ketones is 2. The average molecular weight is 328 g/mol. The van der Waals surface area contributed by atoms with Crippen molar-refractivity contribution in [3.05, 3.63) is 11.6 Å². The molecule has 4 aliphatic carbocycles. The van der Waals surface area contributed by atoms with Crippen molar-refractivity contribution in [2.75, 3.05) is 0 Å². The molecule has 130 valence electrons. The highest BCUT2D eigenvalue weighted by Crippen LogP contribution is 2.75. The second-order valence-corrected chi connectivity index (χ2v) is 9.57. The number of epoxide rings is 1. The van der Waals surface area contributed by atoms with Gasteiger partial charge >= 0.3 is 0 Å². The molecule has 7 atom stereocenters. The Kier molecular flexibility index (Phi) is 2.81. The first kappa shape index (κ1) is 15.3. The van der Waals surface area contributed by atoms with E-state index < -0.39 is 0 Å². The molecule has 1 heterocycles. The molecule has 1 spiro atoms. The van der Waals surface area contributed by atoms with Gasteiger partial charge in [0.25, 0.3) is 0 Å². The van der Waals surface area contributed by atoms with Crippen LogP contribution in [-0.2, 0) is 14.3 Å². The molecule has 0 N–H and O–H groups in total. The van der Waals surface area contributed by atoms with Gasteiger partial charge in [0.15, 0.2) is 5.78 Å². The van der Waals surface area contributed by atoms with E-state index in [1.807, 2.05) is 6.08 Å². The zero-order valence-corrected chi connectivity index (χ0v) is 15.1. The third-order valence-electron chi connectivity index (χ3n) is 8.82. The van der Waals surface area contributed by atoms with Crippen molar-refractivity contribution in [3.63, 3.8) is 0 Å². The Balaban J connectivity index is 1.57. The van der Waals surface area contributed by atoms with E-state index in [-0.39, 0.29) is 22.3 Å². The normalized spacial score (nSPS) is 55.0. The van der Waals surface area contributed by atoms with Crippen molar-refractivity contribution in [2.24, 2.45) is 28.6 Å². The van der Waals surface area contributed by atoms with Gasteiger partial charge in [0.1, 0.15) is 11.4 Å². The molecule has 3 nitrogen and oxygen atoms in total. The molecule has 0 aromatic carbocycles. The van der Waals surface area contributed by atoms with E-state index >= 15 is 0 Å². The van der Waals surface area contributed by atoms with Crippen LogP contribution in [0.4, 0.5) is 0 Å². The second-order valence-electron chi connectivity index (χ2n) is 9.57. The first-order chi connectivity index (χ1) is 11.3. The molecule has 24 heavy (non-hydrogen) atoms. The molecule has 0 unspecified atom stereocenters. The van der Waals surface area contributed by atoms with Crippen LogP contribution in [-0.4, -0.2) is 23.3 Å². The van der Waals surface area contributed by atoms with Gasteiger partial charge < -0.3 is 4.74 Å².